The average molecular weight is 414 g/mol. The van der Waals surface area contributed by atoms with Gasteiger partial charge in [0, 0.05) is 30.3 Å². The fraction of sp³-hybridized carbons (Fsp3) is 0.238. The molecule has 0 radical (unpaired) electrons. The maximum Gasteiger partial charge on any atom is 0.307 e. The molecule has 29 heavy (non-hydrogen) atoms. The number of carboxylic acid groups (broad SMARTS) is 1. The lowest BCUT2D eigenvalue weighted by atomic mass is 9.98. The third-order valence-electron chi connectivity index (χ3n) is 4.19. The van der Waals surface area contributed by atoms with Crippen molar-refractivity contribution in [3.63, 3.8) is 0 Å². The van der Waals surface area contributed by atoms with Gasteiger partial charge in [0.2, 0.25) is 0 Å². The van der Waals surface area contributed by atoms with Gasteiger partial charge in [0.05, 0.1) is 11.6 Å². The number of carbonyl (C=O) groups excluding carboxylic acids is 2. The molecule has 0 aromatic heterocycles. The fourth-order valence-corrected chi connectivity index (χ4v) is 3.24. The summed E-state index contributed by atoms with van der Waals surface area (Å²) in [5, 5.41) is 24.5. The molecule has 0 spiro atoms. The molecule has 0 fully saturated rings. The second kappa shape index (κ2) is 10.4. The first-order valence-electron chi connectivity index (χ1n) is 8.85. The topological polar surface area (TPSA) is 116 Å². The Balaban J connectivity index is 2.06. The van der Waals surface area contributed by atoms with Crippen molar-refractivity contribution in [2.24, 2.45) is 11.1 Å². The van der Waals surface area contributed by atoms with Crippen LogP contribution in [0.25, 0.3) is 0 Å². The van der Waals surface area contributed by atoms with Crippen LogP contribution in [0.3, 0.4) is 0 Å². The summed E-state index contributed by atoms with van der Waals surface area (Å²) in [4.78, 5) is 34.8. The van der Waals surface area contributed by atoms with Crippen LogP contribution in [0.5, 0.6) is 0 Å². The lowest BCUT2D eigenvalue weighted by Gasteiger charge is -2.13. The summed E-state index contributed by atoms with van der Waals surface area (Å²) in [6, 6.07) is 13.7. The summed E-state index contributed by atoms with van der Waals surface area (Å²) in [5.41, 5.74) is 2.86. The van der Waals surface area contributed by atoms with Crippen LogP contribution >= 0.6 is 11.8 Å². The van der Waals surface area contributed by atoms with Gasteiger partial charge in [0.15, 0.2) is 5.12 Å². The van der Waals surface area contributed by atoms with Crippen molar-refractivity contribution < 1.29 is 24.7 Å². The molecule has 2 aromatic rings. The number of oxime groups is 1. The molecule has 152 valence electrons. The van der Waals surface area contributed by atoms with E-state index in [4.69, 9.17) is 0 Å². The molecule has 2 aromatic carbocycles. The summed E-state index contributed by atoms with van der Waals surface area (Å²) in [5.74, 6) is -2.09. The normalized spacial score (nSPS) is 12.3. The maximum atomic E-state index is 12.3. The van der Waals surface area contributed by atoms with Crippen LogP contribution in [-0.2, 0) is 9.59 Å². The number of nitrogens with zero attached hydrogens (tertiary/aromatic N) is 1. The Kier molecular flexibility index (Phi) is 7.97. The summed E-state index contributed by atoms with van der Waals surface area (Å²) < 4.78 is 0. The molecule has 0 saturated carbocycles. The van der Waals surface area contributed by atoms with Crippen molar-refractivity contribution in [1.82, 2.24) is 0 Å². The predicted octanol–water partition coefficient (Wildman–Crippen LogP) is 3.80. The van der Waals surface area contributed by atoms with Gasteiger partial charge in [-0.1, -0.05) is 46.7 Å². The maximum absolute atomic E-state index is 12.3. The number of amides is 1. The van der Waals surface area contributed by atoms with Gasteiger partial charge in [-0.05, 0) is 36.8 Å². The van der Waals surface area contributed by atoms with E-state index in [9.17, 15) is 24.7 Å². The zero-order chi connectivity index (χ0) is 21.4. The smallest absolute Gasteiger partial charge is 0.307 e. The predicted molar refractivity (Wildman–Crippen MR) is 113 cm³/mol. The van der Waals surface area contributed by atoms with Crippen LogP contribution in [0.2, 0.25) is 0 Å². The highest BCUT2D eigenvalue weighted by molar-refractivity contribution is 8.13. The number of hydrogen-bond donors (Lipinski definition) is 3. The molecule has 1 atom stereocenters. The number of rotatable bonds is 8. The molecular weight excluding hydrogens is 392 g/mol. The van der Waals surface area contributed by atoms with E-state index in [1.807, 2.05) is 19.1 Å². The summed E-state index contributed by atoms with van der Waals surface area (Å²) in [7, 11) is 0. The first-order valence-corrected chi connectivity index (χ1v) is 9.84. The molecule has 7 nitrogen and oxygen atoms in total. The first kappa shape index (κ1) is 22.2. The molecular formula is C21H22N2O5S. The fourth-order valence-electron chi connectivity index (χ4n) is 2.54. The van der Waals surface area contributed by atoms with Crippen LogP contribution in [-0.4, -0.2) is 38.8 Å². The lowest BCUT2D eigenvalue weighted by molar-refractivity contribution is -0.140. The number of aliphatic carboxylic acids is 1. The lowest BCUT2D eigenvalue weighted by Crippen LogP contribution is -2.21. The van der Waals surface area contributed by atoms with Crippen molar-refractivity contribution in [1.29, 1.82) is 0 Å². The summed E-state index contributed by atoms with van der Waals surface area (Å²) in [6.45, 7) is 3.31. The molecule has 0 saturated heterocycles. The molecule has 1 amide bonds. The Bertz CT molecular complexity index is 908. The number of nitrogens with one attached hydrogen (secondary N) is 1. The Hall–Kier alpha value is -3.13. The third-order valence-corrected chi connectivity index (χ3v) is 5.16. The van der Waals surface area contributed by atoms with Gasteiger partial charge in [-0.3, -0.25) is 14.4 Å². The van der Waals surface area contributed by atoms with Gasteiger partial charge in [-0.25, -0.2) is 0 Å². The number of aryl methyl sites for hydroxylation is 1. The Morgan fingerprint density at radius 3 is 2.14 bits per heavy atom. The van der Waals surface area contributed by atoms with Gasteiger partial charge in [0.25, 0.3) is 5.91 Å². The number of anilines is 1. The number of carboxylic acids is 1. The molecule has 0 aliphatic carbocycles. The largest absolute Gasteiger partial charge is 0.481 e. The van der Waals surface area contributed by atoms with E-state index < -0.39 is 11.9 Å². The van der Waals surface area contributed by atoms with Crippen LogP contribution < -0.4 is 5.32 Å². The summed E-state index contributed by atoms with van der Waals surface area (Å²) >= 11 is 0.920. The summed E-state index contributed by atoms with van der Waals surface area (Å²) in [6.07, 6.45) is -0.0266. The van der Waals surface area contributed by atoms with Crippen molar-refractivity contribution in [2.45, 2.75) is 20.3 Å². The molecule has 8 heteroatoms. The molecule has 2 rings (SSSR count). The minimum absolute atomic E-state index is 0.0266. The highest BCUT2D eigenvalue weighted by Gasteiger charge is 2.22. The van der Waals surface area contributed by atoms with E-state index >= 15 is 0 Å². The molecule has 1 unspecified atom stereocenters. The molecule has 0 bridgehead atoms. The molecule has 0 aliphatic rings. The average Bonchev–Trinajstić information content (AvgIpc) is 2.69. The van der Waals surface area contributed by atoms with Crippen LogP contribution in [0.15, 0.2) is 53.7 Å². The first-order chi connectivity index (χ1) is 13.8. The van der Waals surface area contributed by atoms with Gasteiger partial charge in [-0.15, -0.1) is 0 Å². The van der Waals surface area contributed by atoms with Crippen molar-refractivity contribution >= 4 is 40.2 Å². The number of carbonyl (C=O) groups is 3. The quantitative estimate of drug-likeness (QED) is 0.344. The van der Waals surface area contributed by atoms with E-state index in [2.05, 4.69) is 10.5 Å². The van der Waals surface area contributed by atoms with E-state index in [-0.39, 0.29) is 28.9 Å². The van der Waals surface area contributed by atoms with Crippen LogP contribution in [0.4, 0.5) is 5.69 Å². The monoisotopic (exact) mass is 414 g/mol. The van der Waals surface area contributed by atoms with E-state index in [1.54, 1.807) is 36.4 Å². The van der Waals surface area contributed by atoms with E-state index in [0.717, 1.165) is 17.3 Å². The van der Waals surface area contributed by atoms with Gasteiger partial charge in [0.1, 0.15) is 0 Å². The van der Waals surface area contributed by atoms with Crippen molar-refractivity contribution in [3.8, 4) is 0 Å². The Labute approximate surface area is 172 Å². The molecule has 0 heterocycles. The standard InChI is InChI=1S/C21H22N2O5S/c1-13-3-5-16(6-4-13)20(25)22-18-9-7-15(8-10-18)19(23-28)11-17(21(26)27)12-29-14(2)24/h3-10,17,28H,11-12H2,1-2H3,(H,22,25)(H,26,27). The van der Waals surface area contributed by atoms with E-state index in [1.165, 1.54) is 6.92 Å². The zero-order valence-corrected chi connectivity index (χ0v) is 16.9. The minimum Gasteiger partial charge on any atom is -0.481 e. The third kappa shape index (κ3) is 6.76. The minimum atomic E-state index is -1.07. The number of thioether (sulfide) groups is 1. The second-order valence-corrected chi connectivity index (χ2v) is 7.68. The second-order valence-electron chi connectivity index (χ2n) is 6.49. The molecule has 3 N–H and O–H groups in total. The van der Waals surface area contributed by atoms with Crippen LogP contribution in [0, 0.1) is 12.8 Å². The van der Waals surface area contributed by atoms with Gasteiger partial charge < -0.3 is 15.6 Å². The number of benzene rings is 2. The Morgan fingerprint density at radius 2 is 1.62 bits per heavy atom. The zero-order valence-electron chi connectivity index (χ0n) is 16.1. The molecule has 0 aliphatic heterocycles. The van der Waals surface area contributed by atoms with Gasteiger partial charge in [-0.2, -0.15) is 0 Å². The van der Waals surface area contributed by atoms with Crippen molar-refractivity contribution in [2.75, 3.05) is 11.1 Å². The van der Waals surface area contributed by atoms with Gasteiger partial charge >= 0.3 is 5.97 Å². The van der Waals surface area contributed by atoms with Crippen LogP contribution in [0.1, 0.15) is 34.8 Å². The van der Waals surface area contributed by atoms with Crippen molar-refractivity contribution in [3.05, 3.63) is 65.2 Å². The Morgan fingerprint density at radius 1 is 1.03 bits per heavy atom. The SMILES string of the molecule is CC(=O)SCC(CC(=NO)c1ccc(NC(=O)c2ccc(C)cc2)cc1)C(=O)O. The highest BCUT2D eigenvalue weighted by atomic mass is 32.2. The van der Waals surface area contributed by atoms with E-state index in [0.29, 0.717) is 16.8 Å². The highest BCUT2D eigenvalue weighted by Crippen LogP contribution is 2.19. The number of hydrogen-bond acceptors (Lipinski definition) is 6.